The summed E-state index contributed by atoms with van der Waals surface area (Å²) in [5.41, 5.74) is 1.54. The van der Waals surface area contributed by atoms with E-state index in [0.29, 0.717) is 43.2 Å². The van der Waals surface area contributed by atoms with E-state index >= 15 is 0 Å². The van der Waals surface area contributed by atoms with Crippen LogP contribution in [0.3, 0.4) is 0 Å². The van der Waals surface area contributed by atoms with E-state index in [1.807, 2.05) is 24.3 Å². The molecule has 1 N–H and O–H groups in total. The van der Waals surface area contributed by atoms with Gasteiger partial charge in [0.05, 0.1) is 15.2 Å². The smallest absolute Gasteiger partial charge is 0.306 e. The normalized spacial score (nSPS) is 12.6. The van der Waals surface area contributed by atoms with Gasteiger partial charge in [0, 0.05) is 18.2 Å². The van der Waals surface area contributed by atoms with Gasteiger partial charge in [-0.05, 0) is 37.1 Å². The molecule has 0 aliphatic carbocycles. The quantitative estimate of drug-likeness (QED) is 0.597. The van der Waals surface area contributed by atoms with Gasteiger partial charge in [0.2, 0.25) is 0 Å². The monoisotopic (exact) mass is 412 g/mol. The number of anilines is 1. The molecule has 0 atom stereocenters. The molecule has 0 unspecified atom stereocenters. The van der Waals surface area contributed by atoms with Crippen LogP contribution in [-0.4, -0.2) is 36.7 Å². The number of ether oxygens (including phenoxy) is 3. The second-order valence-electron chi connectivity index (χ2n) is 6.50. The Morgan fingerprint density at radius 3 is 2.79 bits per heavy atom. The molecule has 0 radical (unpaired) electrons. The van der Waals surface area contributed by atoms with Crippen LogP contribution in [0.5, 0.6) is 11.5 Å². The number of para-hydroxylation sites is 1. The minimum atomic E-state index is -0.402. The molecule has 0 fully saturated rings. The van der Waals surface area contributed by atoms with Crippen molar-refractivity contribution in [3.8, 4) is 11.5 Å². The van der Waals surface area contributed by atoms with E-state index < -0.39 is 11.9 Å². The minimum Gasteiger partial charge on any atom is -0.486 e. The van der Waals surface area contributed by atoms with Crippen molar-refractivity contribution in [2.45, 2.75) is 19.3 Å². The number of hydrogen-bond acceptors (Lipinski definition) is 7. The molecule has 0 bridgehead atoms. The van der Waals surface area contributed by atoms with Crippen LogP contribution in [0.15, 0.2) is 42.5 Å². The van der Waals surface area contributed by atoms with Crippen molar-refractivity contribution in [3.63, 3.8) is 0 Å². The highest BCUT2D eigenvalue weighted by atomic mass is 32.1. The maximum absolute atomic E-state index is 12.0. The van der Waals surface area contributed by atoms with E-state index in [4.69, 9.17) is 14.2 Å². The topological polar surface area (TPSA) is 86.8 Å². The maximum Gasteiger partial charge on any atom is 0.306 e. The summed E-state index contributed by atoms with van der Waals surface area (Å²) in [7, 11) is 0. The predicted molar refractivity (Wildman–Crippen MR) is 110 cm³/mol. The molecule has 2 heterocycles. The van der Waals surface area contributed by atoms with Crippen LogP contribution >= 0.6 is 11.3 Å². The van der Waals surface area contributed by atoms with Crippen molar-refractivity contribution in [2.75, 3.05) is 25.1 Å². The highest BCUT2D eigenvalue weighted by Gasteiger charge is 2.14. The first-order valence-corrected chi connectivity index (χ1v) is 10.2. The zero-order valence-electron chi connectivity index (χ0n) is 15.7. The van der Waals surface area contributed by atoms with Gasteiger partial charge < -0.3 is 19.5 Å². The molecule has 150 valence electrons. The molecule has 29 heavy (non-hydrogen) atoms. The van der Waals surface area contributed by atoms with Gasteiger partial charge in [-0.2, -0.15) is 0 Å². The van der Waals surface area contributed by atoms with E-state index in [1.54, 1.807) is 29.5 Å². The summed E-state index contributed by atoms with van der Waals surface area (Å²) < 4.78 is 17.1. The van der Waals surface area contributed by atoms with E-state index in [9.17, 15) is 9.59 Å². The molecule has 2 aromatic carbocycles. The highest BCUT2D eigenvalue weighted by molar-refractivity contribution is 7.18. The number of hydrogen-bond donors (Lipinski definition) is 1. The van der Waals surface area contributed by atoms with Crippen molar-refractivity contribution in [3.05, 3.63) is 47.5 Å². The number of esters is 1. The van der Waals surface area contributed by atoms with Crippen LogP contribution < -0.4 is 14.8 Å². The summed E-state index contributed by atoms with van der Waals surface area (Å²) in [4.78, 5) is 28.5. The number of carbonyl (C=O) groups is 2. The molecule has 1 aliphatic heterocycles. The summed E-state index contributed by atoms with van der Waals surface area (Å²) in [5, 5.41) is 3.68. The number of rotatable bonds is 7. The molecule has 1 amide bonds. The Labute approximate surface area is 171 Å². The Kier molecular flexibility index (Phi) is 5.90. The van der Waals surface area contributed by atoms with Gasteiger partial charge in [-0.3, -0.25) is 9.59 Å². The van der Waals surface area contributed by atoms with Crippen molar-refractivity contribution >= 4 is 39.1 Å². The van der Waals surface area contributed by atoms with Crippen LogP contribution in [0.4, 0.5) is 5.69 Å². The van der Waals surface area contributed by atoms with Gasteiger partial charge in [-0.15, -0.1) is 11.3 Å². The average molecular weight is 412 g/mol. The number of benzene rings is 2. The molecule has 1 aliphatic rings. The zero-order valence-corrected chi connectivity index (χ0v) is 16.5. The third kappa shape index (κ3) is 5.03. The van der Waals surface area contributed by atoms with Gasteiger partial charge in [-0.1, -0.05) is 12.1 Å². The van der Waals surface area contributed by atoms with Crippen LogP contribution in [0.25, 0.3) is 10.2 Å². The van der Waals surface area contributed by atoms with Crippen LogP contribution in [0.2, 0.25) is 0 Å². The molecular formula is C21H20N2O5S. The largest absolute Gasteiger partial charge is 0.486 e. The van der Waals surface area contributed by atoms with Crippen LogP contribution in [0.1, 0.15) is 17.8 Å². The van der Waals surface area contributed by atoms with Gasteiger partial charge in [0.25, 0.3) is 5.91 Å². The molecular weight excluding hydrogens is 392 g/mol. The SMILES string of the molecule is O=C(COC(=O)CCCc1nc2ccccc2s1)Nc1ccc2c(c1)OCCO2. The Morgan fingerprint density at radius 1 is 1.10 bits per heavy atom. The fourth-order valence-electron chi connectivity index (χ4n) is 2.95. The first-order valence-electron chi connectivity index (χ1n) is 9.37. The summed E-state index contributed by atoms with van der Waals surface area (Å²) in [6.07, 6.45) is 1.58. The number of nitrogens with zero attached hydrogens (tertiary/aromatic N) is 1. The highest BCUT2D eigenvalue weighted by Crippen LogP contribution is 2.32. The van der Waals surface area contributed by atoms with E-state index in [0.717, 1.165) is 15.2 Å². The summed E-state index contributed by atoms with van der Waals surface area (Å²) in [6, 6.07) is 13.1. The van der Waals surface area contributed by atoms with Crippen molar-refractivity contribution in [1.29, 1.82) is 0 Å². The van der Waals surface area contributed by atoms with Crippen molar-refractivity contribution in [2.24, 2.45) is 0 Å². The van der Waals surface area contributed by atoms with E-state index in [-0.39, 0.29) is 13.0 Å². The van der Waals surface area contributed by atoms with Gasteiger partial charge in [0.15, 0.2) is 18.1 Å². The Balaban J connectivity index is 1.18. The molecule has 0 spiro atoms. The average Bonchev–Trinajstić information content (AvgIpc) is 3.15. The number of amides is 1. The summed E-state index contributed by atoms with van der Waals surface area (Å²) in [5.74, 6) is 0.430. The molecule has 0 saturated heterocycles. The van der Waals surface area contributed by atoms with E-state index in [1.165, 1.54) is 0 Å². The van der Waals surface area contributed by atoms with Gasteiger partial charge in [0.1, 0.15) is 13.2 Å². The first-order chi connectivity index (χ1) is 14.2. The molecule has 0 saturated carbocycles. The Hall–Kier alpha value is -3.13. The third-order valence-corrected chi connectivity index (χ3v) is 5.40. The van der Waals surface area contributed by atoms with Crippen molar-refractivity contribution < 1.29 is 23.8 Å². The lowest BCUT2D eigenvalue weighted by Crippen LogP contribution is -2.21. The summed E-state index contributed by atoms with van der Waals surface area (Å²) in [6.45, 7) is 0.654. The minimum absolute atomic E-state index is 0.243. The predicted octanol–water partition coefficient (Wildman–Crippen LogP) is 3.57. The molecule has 4 rings (SSSR count). The number of carbonyl (C=O) groups excluding carboxylic acids is 2. The Morgan fingerprint density at radius 2 is 1.93 bits per heavy atom. The number of nitrogens with one attached hydrogen (secondary N) is 1. The lowest BCUT2D eigenvalue weighted by Gasteiger charge is -2.19. The molecule has 8 heteroatoms. The second-order valence-corrected chi connectivity index (χ2v) is 7.61. The number of aromatic nitrogens is 1. The van der Waals surface area contributed by atoms with Crippen LogP contribution in [-0.2, 0) is 20.7 Å². The molecule has 3 aromatic rings. The fraction of sp³-hybridized carbons (Fsp3) is 0.286. The van der Waals surface area contributed by atoms with Crippen molar-refractivity contribution in [1.82, 2.24) is 4.98 Å². The van der Waals surface area contributed by atoms with Gasteiger partial charge in [-0.25, -0.2) is 4.98 Å². The molecule has 7 nitrogen and oxygen atoms in total. The Bertz CT molecular complexity index is 1000. The third-order valence-electron chi connectivity index (χ3n) is 4.30. The fourth-order valence-corrected chi connectivity index (χ4v) is 3.96. The number of aryl methyl sites for hydroxylation is 1. The standard InChI is InChI=1S/C21H20N2O5S/c24-19(22-14-8-9-16-17(12-14)27-11-10-26-16)13-28-21(25)7-3-6-20-23-15-4-1-2-5-18(15)29-20/h1-2,4-5,8-9,12H,3,6-7,10-11,13H2,(H,22,24). The van der Waals surface area contributed by atoms with Gasteiger partial charge >= 0.3 is 5.97 Å². The lowest BCUT2D eigenvalue weighted by atomic mass is 10.2. The molecule has 1 aromatic heterocycles. The van der Waals surface area contributed by atoms with E-state index in [2.05, 4.69) is 10.3 Å². The maximum atomic E-state index is 12.0. The summed E-state index contributed by atoms with van der Waals surface area (Å²) >= 11 is 1.63. The lowest BCUT2D eigenvalue weighted by molar-refractivity contribution is -0.147. The number of fused-ring (bicyclic) bond motifs is 2. The zero-order chi connectivity index (χ0) is 20.1. The number of thiazole rings is 1. The first kappa shape index (κ1) is 19.2. The van der Waals surface area contributed by atoms with Crippen LogP contribution in [0, 0.1) is 0 Å². The second kappa shape index (κ2) is 8.91.